The summed E-state index contributed by atoms with van der Waals surface area (Å²) in [6.07, 6.45) is 0.717. The van der Waals surface area contributed by atoms with Gasteiger partial charge in [0.1, 0.15) is 5.75 Å². The lowest BCUT2D eigenvalue weighted by molar-refractivity contribution is 0.0525. The number of anilines is 1. The van der Waals surface area contributed by atoms with Gasteiger partial charge in [0.2, 0.25) is 0 Å². The van der Waals surface area contributed by atoms with Gasteiger partial charge >= 0.3 is 5.97 Å². The van der Waals surface area contributed by atoms with Crippen LogP contribution in [0.4, 0.5) is 5.69 Å². The summed E-state index contributed by atoms with van der Waals surface area (Å²) in [4.78, 5) is 11.6. The molecule has 0 aromatic heterocycles. The zero-order valence-electron chi connectivity index (χ0n) is 8.58. The molecular formula is C11H13NO3. The SMILES string of the molecule is CCOC(=O)c1ccc(N)c2c1CCO2. The number of nitrogen functional groups attached to an aromatic ring is 1. The van der Waals surface area contributed by atoms with Gasteiger partial charge in [0, 0.05) is 12.0 Å². The van der Waals surface area contributed by atoms with Crippen molar-refractivity contribution in [2.75, 3.05) is 18.9 Å². The Morgan fingerprint density at radius 2 is 2.40 bits per heavy atom. The fourth-order valence-electron chi connectivity index (χ4n) is 1.72. The first kappa shape index (κ1) is 9.83. The first-order valence-electron chi connectivity index (χ1n) is 4.95. The average Bonchev–Trinajstić information content (AvgIpc) is 2.68. The van der Waals surface area contributed by atoms with E-state index >= 15 is 0 Å². The molecule has 1 aliphatic rings. The van der Waals surface area contributed by atoms with Crippen molar-refractivity contribution in [3.63, 3.8) is 0 Å². The molecule has 0 saturated carbocycles. The zero-order chi connectivity index (χ0) is 10.8. The third-order valence-corrected chi connectivity index (χ3v) is 2.38. The Morgan fingerprint density at radius 3 is 3.13 bits per heavy atom. The molecular weight excluding hydrogens is 194 g/mol. The number of esters is 1. The smallest absolute Gasteiger partial charge is 0.338 e. The molecule has 0 atom stereocenters. The van der Waals surface area contributed by atoms with Crippen molar-refractivity contribution in [3.05, 3.63) is 23.3 Å². The minimum atomic E-state index is -0.306. The fourth-order valence-corrected chi connectivity index (χ4v) is 1.72. The van der Waals surface area contributed by atoms with Crippen LogP contribution in [0.25, 0.3) is 0 Å². The molecule has 0 unspecified atom stereocenters. The van der Waals surface area contributed by atoms with Gasteiger partial charge in [-0.05, 0) is 19.1 Å². The van der Waals surface area contributed by atoms with E-state index in [4.69, 9.17) is 15.2 Å². The van der Waals surface area contributed by atoms with Crippen molar-refractivity contribution < 1.29 is 14.3 Å². The molecule has 0 amide bonds. The summed E-state index contributed by atoms with van der Waals surface area (Å²) in [5, 5.41) is 0. The van der Waals surface area contributed by atoms with E-state index in [0.29, 0.717) is 36.6 Å². The number of rotatable bonds is 2. The van der Waals surface area contributed by atoms with Crippen LogP contribution < -0.4 is 10.5 Å². The molecule has 1 heterocycles. The summed E-state index contributed by atoms with van der Waals surface area (Å²) in [5.41, 5.74) is 7.75. The number of benzene rings is 1. The monoisotopic (exact) mass is 207 g/mol. The van der Waals surface area contributed by atoms with Crippen LogP contribution >= 0.6 is 0 Å². The average molecular weight is 207 g/mol. The molecule has 0 bridgehead atoms. The Morgan fingerprint density at radius 1 is 1.60 bits per heavy atom. The molecule has 0 radical (unpaired) electrons. The van der Waals surface area contributed by atoms with Crippen LogP contribution in [0.3, 0.4) is 0 Å². The molecule has 1 aliphatic heterocycles. The second-order valence-electron chi connectivity index (χ2n) is 3.33. The first-order valence-corrected chi connectivity index (χ1v) is 4.95. The van der Waals surface area contributed by atoms with E-state index in [0.717, 1.165) is 5.56 Å². The molecule has 1 aromatic rings. The van der Waals surface area contributed by atoms with Crippen LogP contribution in [0.5, 0.6) is 5.75 Å². The molecule has 4 nitrogen and oxygen atoms in total. The summed E-state index contributed by atoms with van der Waals surface area (Å²) < 4.78 is 10.3. The van der Waals surface area contributed by atoms with E-state index in [1.54, 1.807) is 19.1 Å². The maximum atomic E-state index is 11.6. The van der Waals surface area contributed by atoms with Gasteiger partial charge in [0.25, 0.3) is 0 Å². The first-order chi connectivity index (χ1) is 7.24. The third kappa shape index (κ3) is 1.63. The second kappa shape index (κ2) is 3.81. The van der Waals surface area contributed by atoms with Crippen molar-refractivity contribution in [2.24, 2.45) is 0 Å². The van der Waals surface area contributed by atoms with Crippen molar-refractivity contribution in [3.8, 4) is 5.75 Å². The molecule has 80 valence electrons. The number of fused-ring (bicyclic) bond motifs is 1. The number of carbonyl (C=O) groups is 1. The van der Waals surface area contributed by atoms with Gasteiger partial charge in [-0.25, -0.2) is 4.79 Å². The highest BCUT2D eigenvalue weighted by Crippen LogP contribution is 2.34. The highest BCUT2D eigenvalue weighted by Gasteiger charge is 2.23. The maximum absolute atomic E-state index is 11.6. The Labute approximate surface area is 88.0 Å². The number of hydrogen-bond acceptors (Lipinski definition) is 4. The topological polar surface area (TPSA) is 61.5 Å². The number of carbonyl (C=O) groups excluding carboxylic acids is 1. The standard InChI is InChI=1S/C11H13NO3/c1-2-14-11(13)8-3-4-9(12)10-7(8)5-6-15-10/h3-4H,2,5-6,12H2,1H3. The van der Waals surface area contributed by atoms with Gasteiger partial charge in [-0.15, -0.1) is 0 Å². The lowest BCUT2D eigenvalue weighted by atomic mass is 10.0. The number of nitrogens with two attached hydrogens (primary N) is 1. The van der Waals surface area contributed by atoms with E-state index in [1.165, 1.54) is 0 Å². The fraction of sp³-hybridized carbons (Fsp3) is 0.364. The van der Waals surface area contributed by atoms with E-state index in [9.17, 15) is 4.79 Å². The summed E-state index contributed by atoms with van der Waals surface area (Å²) in [7, 11) is 0. The molecule has 0 fully saturated rings. The Hall–Kier alpha value is -1.71. The van der Waals surface area contributed by atoms with Crippen molar-refractivity contribution in [1.82, 2.24) is 0 Å². The third-order valence-electron chi connectivity index (χ3n) is 2.38. The normalized spacial score (nSPS) is 13.1. The summed E-state index contributed by atoms with van der Waals surface area (Å²) in [5.74, 6) is 0.333. The zero-order valence-corrected chi connectivity index (χ0v) is 8.58. The highest BCUT2D eigenvalue weighted by atomic mass is 16.5. The maximum Gasteiger partial charge on any atom is 0.338 e. The summed E-state index contributed by atoms with van der Waals surface area (Å²) in [6.45, 7) is 2.74. The van der Waals surface area contributed by atoms with Gasteiger partial charge in [0.15, 0.2) is 0 Å². The Bertz CT molecular complexity index is 401. The van der Waals surface area contributed by atoms with E-state index in [1.807, 2.05) is 0 Å². The van der Waals surface area contributed by atoms with Gasteiger partial charge < -0.3 is 15.2 Å². The van der Waals surface area contributed by atoms with Crippen LogP contribution in [-0.4, -0.2) is 19.2 Å². The predicted molar refractivity (Wildman–Crippen MR) is 56.0 cm³/mol. The Kier molecular flexibility index (Phi) is 2.49. The van der Waals surface area contributed by atoms with Crippen molar-refractivity contribution >= 4 is 11.7 Å². The summed E-state index contributed by atoms with van der Waals surface area (Å²) >= 11 is 0. The molecule has 0 saturated heterocycles. The van der Waals surface area contributed by atoms with Crippen molar-refractivity contribution in [1.29, 1.82) is 0 Å². The van der Waals surface area contributed by atoms with Crippen LogP contribution in [0, 0.1) is 0 Å². The van der Waals surface area contributed by atoms with E-state index in [2.05, 4.69) is 0 Å². The van der Waals surface area contributed by atoms with Crippen LogP contribution in [0.15, 0.2) is 12.1 Å². The molecule has 0 spiro atoms. The molecule has 2 N–H and O–H groups in total. The van der Waals surface area contributed by atoms with E-state index < -0.39 is 0 Å². The molecule has 15 heavy (non-hydrogen) atoms. The van der Waals surface area contributed by atoms with E-state index in [-0.39, 0.29) is 5.97 Å². The van der Waals surface area contributed by atoms with Crippen LogP contribution in [0.2, 0.25) is 0 Å². The van der Waals surface area contributed by atoms with Crippen LogP contribution in [0.1, 0.15) is 22.8 Å². The molecule has 1 aromatic carbocycles. The lowest BCUT2D eigenvalue weighted by Crippen LogP contribution is -2.07. The minimum absolute atomic E-state index is 0.306. The van der Waals surface area contributed by atoms with Gasteiger partial charge in [-0.2, -0.15) is 0 Å². The lowest BCUT2D eigenvalue weighted by Gasteiger charge is -2.08. The molecule has 0 aliphatic carbocycles. The van der Waals surface area contributed by atoms with Gasteiger partial charge in [0.05, 0.1) is 24.5 Å². The highest BCUT2D eigenvalue weighted by molar-refractivity contribution is 5.93. The largest absolute Gasteiger partial charge is 0.491 e. The molecule has 4 heteroatoms. The summed E-state index contributed by atoms with van der Waals surface area (Å²) in [6, 6.07) is 3.37. The van der Waals surface area contributed by atoms with Gasteiger partial charge in [-0.3, -0.25) is 0 Å². The van der Waals surface area contributed by atoms with Gasteiger partial charge in [-0.1, -0.05) is 0 Å². The number of hydrogen-bond donors (Lipinski definition) is 1. The minimum Gasteiger partial charge on any atom is -0.491 e. The number of ether oxygens (including phenoxy) is 2. The van der Waals surface area contributed by atoms with Crippen LogP contribution in [-0.2, 0) is 11.2 Å². The second-order valence-corrected chi connectivity index (χ2v) is 3.33. The predicted octanol–water partition coefficient (Wildman–Crippen LogP) is 1.38. The van der Waals surface area contributed by atoms with Crippen molar-refractivity contribution in [2.45, 2.75) is 13.3 Å². The molecule has 2 rings (SSSR count). The Balaban J connectivity index is 2.41. The quantitative estimate of drug-likeness (QED) is 0.588.